The summed E-state index contributed by atoms with van der Waals surface area (Å²) in [4.78, 5) is 24.6. The van der Waals surface area contributed by atoms with Gasteiger partial charge in [0.1, 0.15) is 0 Å². The van der Waals surface area contributed by atoms with Gasteiger partial charge in [-0.25, -0.2) is 0 Å². The van der Waals surface area contributed by atoms with Crippen molar-refractivity contribution in [2.24, 2.45) is 0 Å². The number of benzene rings is 3. The molecule has 0 amide bonds. The summed E-state index contributed by atoms with van der Waals surface area (Å²) in [5.41, 5.74) is 2.61. The standard InChI is InChI=1S/C28H27NO9/c1-33-20-12-16(13-21(34-2)26(20)36-4)23-18(11-15-7-9-17(10-8-15)29(31)32)25(30)19-14-22(35-3)27(37-5)28(38-6)24(19)23/h7-14,23H,1-6H3. The van der Waals surface area contributed by atoms with Crippen LogP contribution in [0.3, 0.4) is 0 Å². The Kier molecular flexibility index (Phi) is 7.43. The third-order valence-electron chi connectivity index (χ3n) is 6.42. The van der Waals surface area contributed by atoms with Gasteiger partial charge < -0.3 is 28.4 Å². The molecule has 3 aromatic rings. The molecule has 0 spiro atoms. The quantitative estimate of drug-likeness (QED) is 0.216. The Morgan fingerprint density at radius 3 is 1.74 bits per heavy atom. The van der Waals surface area contributed by atoms with Gasteiger partial charge in [-0.1, -0.05) is 0 Å². The lowest BCUT2D eigenvalue weighted by Crippen LogP contribution is -2.06. The zero-order valence-corrected chi connectivity index (χ0v) is 21.8. The number of allylic oxidation sites excluding steroid dienone is 1. The van der Waals surface area contributed by atoms with Gasteiger partial charge in [0.25, 0.3) is 5.69 Å². The van der Waals surface area contributed by atoms with Crippen LogP contribution in [0.2, 0.25) is 0 Å². The van der Waals surface area contributed by atoms with Crippen molar-refractivity contribution in [3.63, 3.8) is 0 Å². The third kappa shape index (κ3) is 4.34. The number of ketones is 1. The van der Waals surface area contributed by atoms with Crippen molar-refractivity contribution in [2.75, 3.05) is 42.7 Å². The van der Waals surface area contributed by atoms with Crippen LogP contribution < -0.4 is 28.4 Å². The number of hydrogen-bond donors (Lipinski definition) is 0. The van der Waals surface area contributed by atoms with E-state index in [1.54, 1.807) is 36.4 Å². The fourth-order valence-corrected chi connectivity index (χ4v) is 4.73. The van der Waals surface area contributed by atoms with E-state index in [1.165, 1.54) is 54.8 Å². The maximum Gasteiger partial charge on any atom is 0.269 e. The number of nitrogens with zero attached hydrogens (tertiary/aromatic N) is 1. The van der Waals surface area contributed by atoms with Crippen molar-refractivity contribution in [3.8, 4) is 34.5 Å². The fraction of sp³-hybridized carbons (Fsp3) is 0.250. The first kappa shape index (κ1) is 26.3. The van der Waals surface area contributed by atoms with E-state index in [1.807, 2.05) is 0 Å². The molecule has 38 heavy (non-hydrogen) atoms. The molecule has 3 aromatic carbocycles. The first-order chi connectivity index (χ1) is 18.3. The van der Waals surface area contributed by atoms with Crippen molar-refractivity contribution in [1.29, 1.82) is 0 Å². The van der Waals surface area contributed by atoms with Crippen LogP contribution in [0.15, 0.2) is 48.0 Å². The largest absolute Gasteiger partial charge is 0.493 e. The normalized spacial score (nSPS) is 15.2. The van der Waals surface area contributed by atoms with Crippen LogP contribution in [0, 0.1) is 10.1 Å². The van der Waals surface area contributed by atoms with E-state index in [-0.39, 0.29) is 11.5 Å². The van der Waals surface area contributed by atoms with Crippen LogP contribution in [0.25, 0.3) is 6.08 Å². The van der Waals surface area contributed by atoms with Crippen molar-refractivity contribution >= 4 is 17.5 Å². The van der Waals surface area contributed by atoms with E-state index >= 15 is 0 Å². The number of carbonyl (C=O) groups excluding carboxylic acids is 1. The highest BCUT2D eigenvalue weighted by Gasteiger charge is 2.41. The Morgan fingerprint density at radius 1 is 0.737 bits per heavy atom. The van der Waals surface area contributed by atoms with Crippen molar-refractivity contribution in [2.45, 2.75) is 5.92 Å². The van der Waals surface area contributed by atoms with E-state index in [2.05, 4.69) is 0 Å². The zero-order chi connectivity index (χ0) is 27.6. The number of hydrogen-bond acceptors (Lipinski definition) is 9. The molecular formula is C28H27NO9. The third-order valence-corrected chi connectivity index (χ3v) is 6.42. The molecule has 0 radical (unpaired) electrons. The van der Waals surface area contributed by atoms with Crippen molar-refractivity contribution in [1.82, 2.24) is 0 Å². The Hall–Kier alpha value is -4.73. The highest BCUT2D eigenvalue weighted by atomic mass is 16.6. The van der Waals surface area contributed by atoms with Crippen LogP contribution in [0.5, 0.6) is 34.5 Å². The van der Waals surface area contributed by atoms with Gasteiger partial charge in [-0.15, -0.1) is 0 Å². The molecule has 0 bridgehead atoms. The minimum atomic E-state index is -0.629. The Labute approximate surface area is 219 Å². The van der Waals surface area contributed by atoms with Gasteiger partial charge in [-0.2, -0.15) is 0 Å². The average molecular weight is 522 g/mol. The zero-order valence-electron chi connectivity index (χ0n) is 21.8. The SMILES string of the molecule is COc1cc(C2C(=Cc3ccc([N+](=O)[O-])cc3)C(=O)c3cc(OC)c(OC)c(OC)c32)cc(OC)c1OC. The van der Waals surface area contributed by atoms with E-state index < -0.39 is 10.8 Å². The molecule has 0 heterocycles. The summed E-state index contributed by atoms with van der Waals surface area (Å²) < 4.78 is 33.5. The van der Waals surface area contributed by atoms with Crippen molar-refractivity contribution < 1.29 is 38.1 Å². The van der Waals surface area contributed by atoms with Gasteiger partial charge in [-0.3, -0.25) is 14.9 Å². The second-order valence-electron chi connectivity index (χ2n) is 8.28. The van der Waals surface area contributed by atoms with Gasteiger partial charge in [0, 0.05) is 34.8 Å². The van der Waals surface area contributed by atoms with E-state index in [0.29, 0.717) is 62.3 Å². The monoisotopic (exact) mass is 521 g/mol. The molecular weight excluding hydrogens is 494 g/mol. The summed E-state index contributed by atoms with van der Waals surface area (Å²) >= 11 is 0. The van der Waals surface area contributed by atoms with Crippen LogP contribution >= 0.6 is 0 Å². The molecule has 0 saturated carbocycles. The number of fused-ring (bicyclic) bond motifs is 1. The number of nitro groups is 1. The maximum absolute atomic E-state index is 13.9. The number of methoxy groups -OCH3 is 6. The molecule has 0 aliphatic heterocycles. The highest BCUT2D eigenvalue weighted by molar-refractivity contribution is 6.18. The molecule has 1 unspecified atom stereocenters. The first-order valence-corrected chi connectivity index (χ1v) is 11.5. The summed E-state index contributed by atoms with van der Waals surface area (Å²) in [6.45, 7) is 0. The van der Waals surface area contributed by atoms with Gasteiger partial charge in [0.2, 0.25) is 11.5 Å². The molecule has 198 valence electrons. The molecule has 1 atom stereocenters. The Balaban J connectivity index is 2.04. The smallest absolute Gasteiger partial charge is 0.269 e. The summed E-state index contributed by atoms with van der Waals surface area (Å²) in [5.74, 6) is 1.39. The van der Waals surface area contributed by atoms with Gasteiger partial charge >= 0.3 is 0 Å². The average Bonchev–Trinajstić information content (AvgIpc) is 3.21. The summed E-state index contributed by atoms with van der Waals surface area (Å²) in [6, 6.07) is 11.1. The summed E-state index contributed by atoms with van der Waals surface area (Å²) in [6.07, 6.45) is 1.71. The van der Waals surface area contributed by atoms with Gasteiger partial charge in [0.15, 0.2) is 28.8 Å². The number of Topliss-reactive ketones (excluding diaryl/α,β-unsaturated/α-hetero) is 1. The number of carbonyl (C=O) groups is 1. The summed E-state index contributed by atoms with van der Waals surface area (Å²) in [7, 11) is 8.99. The lowest BCUT2D eigenvalue weighted by molar-refractivity contribution is -0.384. The predicted molar refractivity (Wildman–Crippen MR) is 139 cm³/mol. The molecule has 0 saturated heterocycles. The minimum absolute atomic E-state index is 0.0505. The van der Waals surface area contributed by atoms with Crippen molar-refractivity contribution in [3.05, 3.63) is 80.4 Å². The molecule has 10 nitrogen and oxygen atoms in total. The van der Waals surface area contributed by atoms with E-state index in [4.69, 9.17) is 28.4 Å². The lowest BCUT2D eigenvalue weighted by Gasteiger charge is -2.21. The van der Waals surface area contributed by atoms with Crippen LogP contribution in [-0.4, -0.2) is 53.4 Å². The molecule has 1 aliphatic rings. The molecule has 10 heteroatoms. The molecule has 4 rings (SSSR count). The first-order valence-electron chi connectivity index (χ1n) is 11.5. The minimum Gasteiger partial charge on any atom is -0.493 e. The van der Waals surface area contributed by atoms with Crippen LogP contribution in [0.1, 0.15) is 33.0 Å². The number of ether oxygens (including phenoxy) is 6. The van der Waals surface area contributed by atoms with E-state index in [9.17, 15) is 14.9 Å². The molecule has 0 fully saturated rings. The fourth-order valence-electron chi connectivity index (χ4n) is 4.73. The maximum atomic E-state index is 13.9. The Morgan fingerprint density at radius 2 is 1.26 bits per heavy atom. The van der Waals surface area contributed by atoms with Crippen LogP contribution in [0.4, 0.5) is 5.69 Å². The number of rotatable bonds is 9. The second kappa shape index (κ2) is 10.7. The van der Waals surface area contributed by atoms with Gasteiger partial charge in [0.05, 0.1) is 47.6 Å². The number of non-ortho nitro benzene ring substituents is 1. The number of nitro benzene ring substituents is 1. The topological polar surface area (TPSA) is 116 Å². The second-order valence-corrected chi connectivity index (χ2v) is 8.28. The molecule has 0 N–H and O–H groups in total. The summed E-state index contributed by atoms with van der Waals surface area (Å²) in [5, 5.41) is 11.1. The lowest BCUT2D eigenvalue weighted by atomic mass is 9.87. The van der Waals surface area contributed by atoms with Crippen LogP contribution in [-0.2, 0) is 0 Å². The predicted octanol–water partition coefficient (Wildman–Crippen LogP) is 5.06. The molecule has 1 aliphatic carbocycles. The molecule has 0 aromatic heterocycles. The Bertz CT molecular complexity index is 1400. The van der Waals surface area contributed by atoms with Gasteiger partial charge in [-0.05, 0) is 47.5 Å². The van der Waals surface area contributed by atoms with E-state index in [0.717, 1.165) is 0 Å². The highest BCUT2D eigenvalue weighted by Crippen LogP contribution is 2.55.